The Labute approximate surface area is 64.8 Å². The Hall–Kier alpha value is -0.650. The molecule has 0 rings (SSSR count). The molecule has 0 aliphatic carbocycles. The lowest BCUT2D eigenvalue weighted by Gasteiger charge is -1.97. The molecule has 0 aliphatic rings. The summed E-state index contributed by atoms with van der Waals surface area (Å²) in [5.41, 5.74) is 0. The highest BCUT2D eigenvalue weighted by atomic mass is 19.4. The first kappa shape index (κ1) is 10.3. The van der Waals surface area contributed by atoms with Crippen LogP contribution in [0.4, 0.5) is 13.2 Å². The van der Waals surface area contributed by atoms with Crippen molar-refractivity contribution in [2.75, 3.05) is 0 Å². The van der Waals surface area contributed by atoms with Crippen LogP contribution < -0.4 is 0 Å². The first-order valence-electron chi connectivity index (χ1n) is 3.58. The summed E-state index contributed by atoms with van der Waals surface area (Å²) >= 11 is 0. The number of alkyl halides is 3. The van der Waals surface area contributed by atoms with E-state index in [0.29, 0.717) is 6.42 Å². The smallest absolute Gasteiger partial charge is 0.170 e. The third-order valence-electron chi connectivity index (χ3n) is 1.07. The summed E-state index contributed by atoms with van der Waals surface area (Å²) in [4.78, 5) is 0. The molecule has 0 amide bonds. The van der Waals surface area contributed by atoms with Crippen LogP contribution in [0.2, 0.25) is 0 Å². The van der Waals surface area contributed by atoms with Crippen LogP contribution >= 0.6 is 0 Å². The van der Waals surface area contributed by atoms with E-state index < -0.39 is 12.6 Å². The molecule has 0 spiro atoms. The molecule has 0 heterocycles. The minimum absolute atomic E-state index is 0.576. The number of hydrogen-bond donors (Lipinski definition) is 0. The Morgan fingerprint density at radius 1 is 1.18 bits per heavy atom. The van der Waals surface area contributed by atoms with E-state index in [0.717, 1.165) is 12.8 Å². The van der Waals surface area contributed by atoms with Gasteiger partial charge in [0, 0.05) is 6.42 Å². The molecule has 0 aromatic heterocycles. The second-order valence-electron chi connectivity index (χ2n) is 2.25. The van der Waals surface area contributed by atoms with Crippen molar-refractivity contribution in [3.05, 3.63) is 0 Å². The highest BCUT2D eigenvalue weighted by molar-refractivity contribution is 5.00. The van der Waals surface area contributed by atoms with E-state index in [2.05, 4.69) is 11.8 Å². The minimum atomic E-state index is -4.13. The predicted molar refractivity (Wildman–Crippen MR) is 38.0 cm³/mol. The van der Waals surface area contributed by atoms with Crippen molar-refractivity contribution in [3.8, 4) is 11.8 Å². The third-order valence-corrected chi connectivity index (χ3v) is 1.07. The van der Waals surface area contributed by atoms with Crippen molar-refractivity contribution in [2.24, 2.45) is 0 Å². The van der Waals surface area contributed by atoms with Crippen molar-refractivity contribution >= 4 is 0 Å². The van der Waals surface area contributed by atoms with Crippen molar-refractivity contribution in [2.45, 2.75) is 38.8 Å². The molecule has 0 unspecified atom stereocenters. The summed E-state index contributed by atoms with van der Waals surface area (Å²) in [5, 5.41) is 0. The molecule has 0 aromatic carbocycles. The number of hydrogen-bond acceptors (Lipinski definition) is 0. The van der Waals surface area contributed by atoms with Crippen LogP contribution in [0, 0.1) is 11.8 Å². The number of unbranched alkanes of at least 4 members (excludes halogenated alkanes) is 2. The van der Waals surface area contributed by atoms with Crippen LogP contribution in [0.15, 0.2) is 0 Å². The molecule has 64 valence electrons. The van der Waals surface area contributed by atoms with Gasteiger partial charge in [-0.05, 0) is 6.42 Å². The van der Waals surface area contributed by atoms with Crippen LogP contribution in [0.1, 0.15) is 32.6 Å². The highest BCUT2D eigenvalue weighted by Crippen LogP contribution is 2.17. The highest BCUT2D eigenvalue weighted by Gasteiger charge is 2.24. The van der Waals surface area contributed by atoms with E-state index in [-0.39, 0.29) is 0 Å². The lowest BCUT2D eigenvalue weighted by Crippen LogP contribution is -2.04. The standard InChI is InChI=1S/C8H11F3/c1-2-3-4-5-6-7-8(9,10)11/h2-4,7H2,1H3. The molecule has 11 heavy (non-hydrogen) atoms. The van der Waals surface area contributed by atoms with Crippen molar-refractivity contribution in [3.63, 3.8) is 0 Å². The second kappa shape index (κ2) is 5.06. The maximum absolute atomic E-state index is 11.5. The summed E-state index contributed by atoms with van der Waals surface area (Å²) < 4.78 is 34.4. The third kappa shape index (κ3) is 9.35. The molecule has 0 saturated heterocycles. The zero-order valence-corrected chi connectivity index (χ0v) is 6.46. The van der Waals surface area contributed by atoms with Gasteiger partial charge in [-0.1, -0.05) is 19.3 Å². The van der Waals surface area contributed by atoms with Gasteiger partial charge in [0.2, 0.25) is 0 Å². The Bertz CT molecular complexity index is 147. The van der Waals surface area contributed by atoms with Gasteiger partial charge in [-0.25, -0.2) is 0 Å². The second-order valence-corrected chi connectivity index (χ2v) is 2.25. The van der Waals surface area contributed by atoms with E-state index in [1.165, 1.54) is 0 Å². The lowest BCUT2D eigenvalue weighted by atomic mass is 10.2. The summed E-state index contributed by atoms with van der Waals surface area (Å²) in [7, 11) is 0. The van der Waals surface area contributed by atoms with Crippen LogP contribution in [-0.2, 0) is 0 Å². The zero-order chi connectivity index (χ0) is 8.74. The average molecular weight is 164 g/mol. The van der Waals surface area contributed by atoms with Gasteiger partial charge >= 0.3 is 6.18 Å². The fraction of sp³-hybridized carbons (Fsp3) is 0.750. The fourth-order valence-corrected chi connectivity index (χ4v) is 0.516. The molecule has 0 radical (unpaired) electrons. The topological polar surface area (TPSA) is 0 Å². The molecule has 0 atom stereocenters. The predicted octanol–water partition coefficient (Wildman–Crippen LogP) is 3.13. The SMILES string of the molecule is CCCCC#CCC(F)(F)F. The lowest BCUT2D eigenvalue weighted by molar-refractivity contribution is -0.123. The van der Waals surface area contributed by atoms with E-state index in [4.69, 9.17) is 0 Å². The quantitative estimate of drug-likeness (QED) is 0.434. The van der Waals surface area contributed by atoms with E-state index in [1.54, 1.807) is 0 Å². The Balaban J connectivity index is 3.41. The maximum atomic E-state index is 11.5. The van der Waals surface area contributed by atoms with E-state index in [9.17, 15) is 13.2 Å². The Kier molecular flexibility index (Phi) is 4.76. The van der Waals surface area contributed by atoms with E-state index >= 15 is 0 Å². The molecule has 0 aromatic rings. The van der Waals surface area contributed by atoms with Gasteiger partial charge in [-0.15, -0.1) is 5.92 Å². The van der Waals surface area contributed by atoms with Crippen LogP contribution in [0.25, 0.3) is 0 Å². The van der Waals surface area contributed by atoms with Crippen LogP contribution in [0.3, 0.4) is 0 Å². The molecule has 0 aliphatic heterocycles. The minimum Gasteiger partial charge on any atom is -0.170 e. The Morgan fingerprint density at radius 3 is 2.27 bits per heavy atom. The maximum Gasteiger partial charge on any atom is 0.399 e. The summed E-state index contributed by atoms with van der Waals surface area (Å²) in [6, 6.07) is 0. The van der Waals surface area contributed by atoms with Gasteiger partial charge in [0.15, 0.2) is 0 Å². The van der Waals surface area contributed by atoms with Crippen molar-refractivity contribution < 1.29 is 13.2 Å². The summed E-state index contributed by atoms with van der Waals surface area (Å²) in [6.45, 7) is 1.98. The van der Waals surface area contributed by atoms with Gasteiger partial charge < -0.3 is 0 Å². The molecule has 0 saturated carbocycles. The first-order valence-corrected chi connectivity index (χ1v) is 3.58. The Morgan fingerprint density at radius 2 is 1.82 bits per heavy atom. The monoisotopic (exact) mass is 164 g/mol. The van der Waals surface area contributed by atoms with Gasteiger partial charge in [-0.3, -0.25) is 0 Å². The zero-order valence-electron chi connectivity index (χ0n) is 6.46. The molecular formula is C8H11F3. The normalized spacial score (nSPS) is 10.5. The van der Waals surface area contributed by atoms with Crippen molar-refractivity contribution in [1.29, 1.82) is 0 Å². The summed E-state index contributed by atoms with van der Waals surface area (Å²) in [5.74, 6) is 4.56. The number of rotatable bonds is 2. The van der Waals surface area contributed by atoms with Crippen LogP contribution in [0.5, 0.6) is 0 Å². The van der Waals surface area contributed by atoms with Crippen molar-refractivity contribution in [1.82, 2.24) is 0 Å². The van der Waals surface area contributed by atoms with Crippen LogP contribution in [-0.4, -0.2) is 6.18 Å². The molecule has 3 heteroatoms. The van der Waals surface area contributed by atoms with E-state index in [1.807, 2.05) is 6.92 Å². The molecular weight excluding hydrogens is 153 g/mol. The average Bonchev–Trinajstić information content (AvgIpc) is 1.85. The van der Waals surface area contributed by atoms with Gasteiger partial charge in [-0.2, -0.15) is 13.2 Å². The molecule has 0 nitrogen and oxygen atoms in total. The fourth-order valence-electron chi connectivity index (χ4n) is 0.516. The molecule has 0 fully saturated rings. The molecule has 0 N–H and O–H groups in total. The van der Waals surface area contributed by atoms with Gasteiger partial charge in [0.05, 0.1) is 0 Å². The first-order chi connectivity index (χ1) is 5.06. The summed E-state index contributed by atoms with van der Waals surface area (Å²) in [6.07, 6.45) is -2.67. The largest absolute Gasteiger partial charge is 0.399 e. The van der Waals surface area contributed by atoms with Gasteiger partial charge in [0.25, 0.3) is 0 Å². The molecule has 0 bridgehead atoms. The van der Waals surface area contributed by atoms with Gasteiger partial charge in [0.1, 0.15) is 6.42 Å². The number of halogens is 3.